The van der Waals surface area contributed by atoms with E-state index in [2.05, 4.69) is 0 Å². The third-order valence-electron chi connectivity index (χ3n) is 2.88. The third kappa shape index (κ3) is 2.33. The summed E-state index contributed by atoms with van der Waals surface area (Å²) in [6, 6.07) is 3.22. The van der Waals surface area contributed by atoms with Gasteiger partial charge in [-0.2, -0.15) is 0 Å². The highest BCUT2D eigenvalue weighted by atomic mass is 19.1. The lowest BCUT2D eigenvalue weighted by atomic mass is 10.1. The maximum absolute atomic E-state index is 13.1. The summed E-state index contributed by atoms with van der Waals surface area (Å²) in [5.74, 6) is -1.03. The van der Waals surface area contributed by atoms with E-state index >= 15 is 0 Å². The number of primary amides is 1. The molecule has 18 heavy (non-hydrogen) atoms. The van der Waals surface area contributed by atoms with E-state index < -0.39 is 17.8 Å². The Morgan fingerprint density at radius 2 is 2.33 bits per heavy atom. The van der Waals surface area contributed by atoms with Gasteiger partial charge in [-0.1, -0.05) is 0 Å². The van der Waals surface area contributed by atoms with E-state index in [0.717, 1.165) is 6.07 Å². The Hall–Kier alpha value is -1.95. The second kappa shape index (κ2) is 5.14. The molecule has 1 fully saturated rings. The van der Waals surface area contributed by atoms with Crippen LogP contribution >= 0.6 is 0 Å². The van der Waals surface area contributed by atoms with Crippen molar-refractivity contribution in [3.8, 4) is 0 Å². The number of carbonyl (C=O) groups excluding carboxylic acids is 2. The quantitative estimate of drug-likeness (QED) is 0.787. The second-order valence-electron chi connectivity index (χ2n) is 4.01. The predicted octanol–water partition coefficient (Wildman–Crippen LogP) is 0.329. The molecule has 1 saturated heterocycles. The Balaban J connectivity index is 2.39. The molecule has 1 atom stereocenters. The van der Waals surface area contributed by atoms with Crippen molar-refractivity contribution in [2.24, 2.45) is 5.73 Å². The first-order valence-corrected chi connectivity index (χ1v) is 5.52. The topological polar surface area (TPSA) is 72.6 Å². The van der Waals surface area contributed by atoms with Crippen LogP contribution in [0.15, 0.2) is 18.2 Å². The molecular formula is C12H13FN2O3. The molecule has 6 heteroatoms. The standard InChI is InChI=1S/C12H13FN2O3/c13-9-1-2-10(8(5-9)6-16)15-3-4-18-7-11(15)12(14)17/h1-2,5-6,11H,3-4,7H2,(H2,14,17). The number of halogens is 1. The molecule has 5 nitrogen and oxygen atoms in total. The van der Waals surface area contributed by atoms with Crippen molar-refractivity contribution in [1.82, 2.24) is 0 Å². The molecule has 0 bridgehead atoms. The molecule has 0 radical (unpaired) electrons. The van der Waals surface area contributed by atoms with Gasteiger partial charge in [0.25, 0.3) is 0 Å². The van der Waals surface area contributed by atoms with E-state index in [-0.39, 0.29) is 12.2 Å². The molecule has 0 saturated carbocycles. The summed E-state index contributed by atoms with van der Waals surface area (Å²) in [4.78, 5) is 24.0. The number of nitrogens with zero attached hydrogens (tertiary/aromatic N) is 1. The number of hydrogen-bond acceptors (Lipinski definition) is 4. The van der Waals surface area contributed by atoms with Gasteiger partial charge in [-0.15, -0.1) is 0 Å². The number of aldehydes is 1. The highest BCUT2D eigenvalue weighted by Crippen LogP contribution is 2.24. The van der Waals surface area contributed by atoms with Crippen LogP contribution in [-0.4, -0.2) is 38.0 Å². The van der Waals surface area contributed by atoms with Gasteiger partial charge in [0.1, 0.15) is 11.9 Å². The fourth-order valence-corrected chi connectivity index (χ4v) is 2.01. The molecule has 1 unspecified atom stereocenters. The number of benzene rings is 1. The molecule has 1 aliphatic heterocycles. The molecule has 1 aromatic carbocycles. The Morgan fingerprint density at radius 3 is 3.00 bits per heavy atom. The van der Waals surface area contributed by atoms with E-state index in [0.29, 0.717) is 25.1 Å². The van der Waals surface area contributed by atoms with Crippen LogP contribution < -0.4 is 10.6 Å². The molecule has 1 heterocycles. The molecule has 1 amide bonds. The van der Waals surface area contributed by atoms with Crippen LogP contribution in [0.3, 0.4) is 0 Å². The van der Waals surface area contributed by atoms with E-state index in [1.165, 1.54) is 12.1 Å². The highest BCUT2D eigenvalue weighted by molar-refractivity contribution is 5.89. The second-order valence-corrected chi connectivity index (χ2v) is 4.01. The molecule has 1 aromatic rings. The average Bonchev–Trinajstić information content (AvgIpc) is 2.38. The van der Waals surface area contributed by atoms with Gasteiger partial charge in [-0.05, 0) is 18.2 Å². The largest absolute Gasteiger partial charge is 0.377 e. The van der Waals surface area contributed by atoms with Crippen molar-refractivity contribution in [1.29, 1.82) is 0 Å². The minimum absolute atomic E-state index is 0.172. The fraction of sp³-hybridized carbons (Fsp3) is 0.333. The van der Waals surface area contributed by atoms with Gasteiger partial charge in [-0.3, -0.25) is 9.59 Å². The first-order chi connectivity index (χ1) is 8.63. The molecule has 2 N–H and O–H groups in total. The smallest absolute Gasteiger partial charge is 0.242 e. The van der Waals surface area contributed by atoms with Crippen molar-refractivity contribution >= 4 is 17.9 Å². The monoisotopic (exact) mass is 252 g/mol. The number of anilines is 1. The number of morpholine rings is 1. The Kier molecular flexibility index (Phi) is 3.57. The summed E-state index contributed by atoms with van der Waals surface area (Å²) in [6.07, 6.45) is 0.561. The van der Waals surface area contributed by atoms with E-state index in [1.54, 1.807) is 4.90 Å². The predicted molar refractivity (Wildman–Crippen MR) is 62.9 cm³/mol. The fourth-order valence-electron chi connectivity index (χ4n) is 2.01. The zero-order valence-corrected chi connectivity index (χ0v) is 9.64. The van der Waals surface area contributed by atoms with Gasteiger partial charge >= 0.3 is 0 Å². The summed E-state index contributed by atoms with van der Waals surface area (Å²) in [5, 5.41) is 0. The Morgan fingerprint density at radius 1 is 1.56 bits per heavy atom. The lowest BCUT2D eigenvalue weighted by Crippen LogP contribution is -2.53. The van der Waals surface area contributed by atoms with Crippen LogP contribution in [0, 0.1) is 5.82 Å². The average molecular weight is 252 g/mol. The molecule has 0 aliphatic carbocycles. The maximum Gasteiger partial charge on any atom is 0.242 e. The number of amides is 1. The summed E-state index contributed by atoms with van der Waals surface area (Å²) in [7, 11) is 0. The van der Waals surface area contributed by atoms with Crippen molar-refractivity contribution in [3.63, 3.8) is 0 Å². The van der Waals surface area contributed by atoms with Gasteiger partial charge in [0.05, 0.1) is 13.2 Å². The van der Waals surface area contributed by atoms with Crippen molar-refractivity contribution in [2.75, 3.05) is 24.7 Å². The van der Waals surface area contributed by atoms with Crippen molar-refractivity contribution < 1.29 is 18.7 Å². The van der Waals surface area contributed by atoms with Gasteiger partial charge in [0.2, 0.25) is 5.91 Å². The summed E-state index contributed by atoms with van der Waals surface area (Å²) in [5.41, 5.74) is 5.99. The van der Waals surface area contributed by atoms with Crippen LogP contribution in [0.1, 0.15) is 10.4 Å². The molecule has 1 aliphatic rings. The number of nitrogens with two attached hydrogens (primary N) is 1. The summed E-state index contributed by atoms with van der Waals surface area (Å²) >= 11 is 0. The number of ether oxygens (including phenoxy) is 1. The van der Waals surface area contributed by atoms with Crippen LogP contribution in [0.2, 0.25) is 0 Å². The first kappa shape index (κ1) is 12.5. The first-order valence-electron chi connectivity index (χ1n) is 5.52. The van der Waals surface area contributed by atoms with Gasteiger partial charge in [0.15, 0.2) is 6.29 Å². The minimum Gasteiger partial charge on any atom is -0.377 e. The van der Waals surface area contributed by atoms with Crippen molar-refractivity contribution in [3.05, 3.63) is 29.6 Å². The van der Waals surface area contributed by atoms with Crippen LogP contribution in [0.4, 0.5) is 10.1 Å². The van der Waals surface area contributed by atoms with Gasteiger partial charge in [-0.25, -0.2) is 4.39 Å². The van der Waals surface area contributed by atoms with Crippen molar-refractivity contribution in [2.45, 2.75) is 6.04 Å². The van der Waals surface area contributed by atoms with Crippen LogP contribution in [0.5, 0.6) is 0 Å². The zero-order valence-electron chi connectivity index (χ0n) is 9.64. The van der Waals surface area contributed by atoms with Crippen LogP contribution in [-0.2, 0) is 9.53 Å². The van der Waals surface area contributed by atoms with Gasteiger partial charge in [0, 0.05) is 17.8 Å². The van der Waals surface area contributed by atoms with Crippen LogP contribution in [0.25, 0.3) is 0 Å². The lowest BCUT2D eigenvalue weighted by molar-refractivity contribution is -0.121. The zero-order chi connectivity index (χ0) is 13.1. The highest BCUT2D eigenvalue weighted by Gasteiger charge is 2.29. The Bertz CT molecular complexity index is 478. The maximum atomic E-state index is 13.1. The number of hydrogen-bond donors (Lipinski definition) is 1. The third-order valence-corrected chi connectivity index (χ3v) is 2.88. The van der Waals surface area contributed by atoms with E-state index in [1.807, 2.05) is 0 Å². The SMILES string of the molecule is NC(=O)C1COCCN1c1ccc(F)cc1C=O. The summed E-state index contributed by atoms with van der Waals surface area (Å²) < 4.78 is 18.3. The summed E-state index contributed by atoms with van der Waals surface area (Å²) in [6.45, 7) is 1.03. The normalized spacial score (nSPS) is 19.6. The van der Waals surface area contributed by atoms with Gasteiger partial charge < -0.3 is 15.4 Å². The molecule has 0 aromatic heterocycles. The molecule has 0 spiro atoms. The molecule has 96 valence electrons. The minimum atomic E-state index is -0.636. The molecule has 2 rings (SSSR count). The van der Waals surface area contributed by atoms with E-state index in [4.69, 9.17) is 10.5 Å². The number of rotatable bonds is 3. The molecular weight excluding hydrogens is 239 g/mol. The number of carbonyl (C=O) groups is 2. The van der Waals surface area contributed by atoms with E-state index in [9.17, 15) is 14.0 Å². The Labute approximate surface area is 103 Å². The lowest BCUT2D eigenvalue weighted by Gasteiger charge is -2.36.